The fourth-order valence-electron chi connectivity index (χ4n) is 2.98. The molecule has 1 fully saturated rings. The molecular weight excluding hydrogens is 234 g/mol. The molecule has 106 valence electrons. The quantitative estimate of drug-likeness (QED) is 0.849. The number of aromatic nitrogens is 1. The molecule has 0 radical (unpaired) electrons. The number of hydrogen-bond donors (Lipinski definition) is 1. The van der Waals surface area contributed by atoms with Gasteiger partial charge in [0.2, 0.25) is 0 Å². The van der Waals surface area contributed by atoms with Crippen molar-refractivity contribution in [1.29, 1.82) is 0 Å². The van der Waals surface area contributed by atoms with Crippen molar-refractivity contribution < 1.29 is 0 Å². The summed E-state index contributed by atoms with van der Waals surface area (Å²) in [6, 6.07) is 5.05. The van der Waals surface area contributed by atoms with Gasteiger partial charge < -0.3 is 5.32 Å². The summed E-state index contributed by atoms with van der Waals surface area (Å²) < 4.78 is 0. The highest BCUT2D eigenvalue weighted by atomic mass is 15.2. The molecule has 1 aliphatic rings. The van der Waals surface area contributed by atoms with E-state index in [0.29, 0.717) is 0 Å². The van der Waals surface area contributed by atoms with Crippen LogP contribution in [0.25, 0.3) is 0 Å². The van der Waals surface area contributed by atoms with Crippen molar-refractivity contribution in [3.8, 4) is 0 Å². The number of pyridine rings is 1. The molecule has 0 bridgehead atoms. The molecule has 0 aromatic carbocycles. The molecule has 1 aromatic heterocycles. The Morgan fingerprint density at radius 1 is 1.32 bits per heavy atom. The lowest BCUT2D eigenvalue weighted by Gasteiger charge is -2.30. The minimum Gasteiger partial charge on any atom is -0.373 e. The van der Waals surface area contributed by atoms with E-state index >= 15 is 0 Å². The summed E-state index contributed by atoms with van der Waals surface area (Å²) in [5.41, 5.74) is 1.33. The first kappa shape index (κ1) is 14.3. The molecule has 1 N–H and O–H groups in total. The summed E-state index contributed by atoms with van der Waals surface area (Å²) in [5.74, 6) is 1.67. The van der Waals surface area contributed by atoms with Gasteiger partial charge in [0.1, 0.15) is 5.82 Å². The van der Waals surface area contributed by atoms with Crippen molar-refractivity contribution in [2.45, 2.75) is 52.1 Å². The van der Waals surface area contributed by atoms with E-state index in [1.54, 1.807) is 0 Å². The van der Waals surface area contributed by atoms with Crippen LogP contribution in [0.1, 0.15) is 45.1 Å². The van der Waals surface area contributed by atoms with E-state index in [0.717, 1.165) is 24.3 Å². The van der Waals surface area contributed by atoms with Crippen LogP contribution in [-0.4, -0.2) is 29.5 Å². The number of rotatable bonds is 6. The van der Waals surface area contributed by atoms with E-state index in [1.165, 1.54) is 37.8 Å². The molecule has 0 atom stereocenters. The van der Waals surface area contributed by atoms with Crippen LogP contribution >= 0.6 is 0 Å². The summed E-state index contributed by atoms with van der Waals surface area (Å²) >= 11 is 0. The van der Waals surface area contributed by atoms with E-state index in [9.17, 15) is 0 Å². The first-order chi connectivity index (χ1) is 9.19. The van der Waals surface area contributed by atoms with E-state index in [1.807, 2.05) is 13.2 Å². The second-order valence-electron chi connectivity index (χ2n) is 6.06. The van der Waals surface area contributed by atoms with E-state index in [-0.39, 0.29) is 0 Å². The van der Waals surface area contributed by atoms with Crippen LogP contribution < -0.4 is 5.32 Å². The summed E-state index contributed by atoms with van der Waals surface area (Å²) in [7, 11) is 1.91. The van der Waals surface area contributed by atoms with Crippen molar-refractivity contribution >= 4 is 5.82 Å². The Balaban J connectivity index is 2.01. The number of nitrogens with zero attached hydrogens (tertiary/aromatic N) is 2. The van der Waals surface area contributed by atoms with Gasteiger partial charge in [-0.25, -0.2) is 4.98 Å². The first-order valence-corrected chi connectivity index (χ1v) is 7.55. The van der Waals surface area contributed by atoms with E-state index in [2.05, 4.69) is 41.2 Å². The number of anilines is 1. The minimum atomic E-state index is 0.727. The largest absolute Gasteiger partial charge is 0.373 e. The van der Waals surface area contributed by atoms with Gasteiger partial charge in [-0.3, -0.25) is 4.90 Å². The Hall–Kier alpha value is -1.09. The van der Waals surface area contributed by atoms with E-state index in [4.69, 9.17) is 0 Å². The average molecular weight is 261 g/mol. The van der Waals surface area contributed by atoms with Gasteiger partial charge in [-0.1, -0.05) is 32.8 Å². The Labute approximate surface area is 117 Å². The monoisotopic (exact) mass is 261 g/mol. The molecule has 0 spiro atoms. The number of nitrogens with one attached hydrogen (secondary N) is 1. The predicted octanol–water partition coefficient (Wildman–Crippen LogP) is 3.52. The standard InChI is InChI=1S/C16H27N3/c1-13(2)11-19(15-6-4-5-7-15)12-14-8-9-16(17-3)18-10-14/h8-10,13,15H,4-7,11-12H2,1-3H3,(H,17,18). The SMILES string of the molecule is CNc1ccc(CN(CC(C)C)C2CCCC2)cn1. The fraction of sp³-hybridized carbons (Fsp3) is 0.688. The molecular formula is C16H27N3. The first-order valence-electron chi connectivity index (χ1n) is 7.55. The lowest BCUT2D eigenvalue weighted by atomic mass is 10.1. The molecule has 3 nitrogen and oxygen atoms in total. The maximum absolute atomic E-state index is 4.42. The summed E-state index contributed by atoms with van der Waals surface area (Å²) in [6.45, 7) is 6.85. The molecule has 3 heteroatoms. The lowest BCUT2D eigenvalue weighted by molar-refractivity contribution is 0.168. The van der Waals surface area contributed by atoms with Crippen LogP contribution in [0, 0.1) is 5.92 Å². The maximum Gasteiger partial charge on any atom is 0.125 e. The van der Waals surface area contributed by atoms with Crippen LogP contribution in [0.4, 0.5) is 5.82 Å². The molecule has 0 amide bonds. The molecule has 0 unspecified atom stereocenters. The van der Waals surface area contributed by atoms with Gasteiger partial charge in [-0.15, -0.1) is 0 Å². The van der Waals surface area contributed by atoms with Crippen LogP contribution in [0.15, 0.2) is 18.3 Å². The molecule has 19 heavy (non-hydrogen) atoms. The third kappa shape index (κ3) is 4.20. The van der Waals surface area contributed by atoms with Gasteiger partial charge in [-0.2, -0.15) is 0 Å². The van der Waals surface area contributed by atoms with Crippen molar-refractivity contribution in [1.82, 2.24) is 9.88 Å². The zero-order valence-electron chi connectivity index (χ0n) is 12.5. The highest BCUT2D eigenvalue weighted by Crippen LogP contribution is 2.25. The smallest absolute Gasteiger partial charge is 0.125 e. The summed E-state index contributed by atoms with van der Waals surface area (Å²) in [6.07, 6.45) is 7.55. The van der Waals surface area contributed by atoms with Crippen molar-refractivity contribution in [3.05, 3.63) is 23.9 Å². The van der Waals surface area contributed by atoms with Gasteiger partial charge in [-0.05, 0) is 30.4 Å². The zero-order valence-corrected chi connectivity index (χ0v) is 12.5. The Bertz CT molecular complexity index is 366. The van der Waals surface area contributed by atoms with Gasteiger partial charge >= 0.3 is 0 Å². The lowest BCUT2D eigenvalue weighted by Crippen LogP contribution is -2.35. The fourth-order valence-corrected chi connectivity index (χ4v) is 2.98. The van der Waals surface area contributed by atoms with E-state index < -0.39 is 0 Å². The van der Waals surface area contributed by atoms with Crippen molar-refractivity contribution in [2.75, 3.05) is 18.9 Å². The predicted molar refractivity (Wildman–Crippen MR) is 81.3 cm³/mol. The number of hydrogen-bond acceptors (Lipinski definition) is 3. The zero-order chi connectivity index (χ0) is 13.7. The minimum absolute atomic E-state index is 0.727. The Morgan fingerprint density at radius 2 is 2.05 bits per heavy atom. The van der Waals surface area contributed by atoms with Gasteiger partial charge in [0.25, 0.3) is 0 Å². The van der Waals surface area contributed by atoms with Crippen LogP contribution in [0.5, 0.6) is 0 Å². The second-order valence-corrected chi connectivity index (χ2v) is 6.06. The van der Waals surface area contributed by atoms with Crippen molar-refractivity contribution in [2.24, 2.45) is 5.92 Å². The molecule has 1 aromatic rings. The Morgan fingerprint density at radius 3 is 2.58 bits per heavy atom. The highest BCUT2D eigenvalue weighted by molar-refractivity contribution is 5.34. The maximum atomic E-state index is 4.42. The van der Waals surface area contributed by atoms with Gasteiger partial charge in [0, 0.05) is 32.4 Å². The van der Waals surface area contributed by atoms with Crippen LogP contribution in [0.2, 0.25) is 0 Å². The molecule has 0 saturated heterocycles. The average Bonchev–Trinajstić information content (AvgIpc) is 2.92. The van der Waals surface area contributed by atoms with Crippen LogP contribution in [-0.2, 0) is 6.54 Å². The Kier molecular flexibility index (Phi) is 5.20. The van der Waals surface area contributed by atoms with Crippen LogP contribution in [0.3, 0.4) is 0 Å². The topological polar surface area (TPSA) is 28.2 Å². The molecule has 1 aliphatic carbocycles. The summed E-state index contributed by atoms with van der Waals surface area (Å²) in [4.78, 5) is 7.08. The normalized spacial score (nSPS) is 16.5. The van der Waals surface area contributed by atoms with Gasteiger partial charge in [0.15, 0.2) is 0 Å². The summed E-state index contributed by atoms with van der Waals surface area (Å²) in [5, 5.41) is 3.07. The molecule has 1 saturated carbocycles. The molecule has 1 heterocycles. The third-order valence-corrected chi connectivity index (χ3v) is 3.91. The highest BCUT2D eigenvalue weighted by Gasteiger charge is 2.23. The van der Waals surface area contributed by atoms with Gasteiger partial charge in [0.05, 0.1) is 0 Å². The second kappa shape index (κ2) is 6.90. The molecule has 0 aliphatic heterocycles. The van der Waals surface area contributed by atoms with Crippen molar-refractivity contribution in [3.63, 3.8) is 0 Å². The third-order valence-electron chi connectivity index (χ3n) is 3.91. The molecule has 2 rings (SSSR count).